The van der Waals surface area contributed by atoms with Crippen molar-refractivity contribution in [2.75, 3.05) is 0 Å². The van der Waals surface area contributed by atoms with Crippen molar-refractivity contribution < 1.29 is 9.90 Å². The summed E-state index contributed by atoms with van der Waals surface area (Å²) in [6, 6.07) is 3.60. The van der Waals surface area contributed by atoms with Crippen molar-refractivity contribution in [1.82, 2.24) is 20.2 Å². The van der Waals surface area contributed by atoms with Crippen molar-refractivity contribution >= 4 is 17.3 Å². The van der Waals surface area contributed by atoms with Gasteiger partial charge in [-0.15, -0.1) is 16.4 Å². The molecule has 2 aromatic heterocycles. The molecule has 1 atom stereocenters. The summed E-state index contributed by atoms with van der Waals surface area (Å²) in [5.41, 5.74) is 0. The predicted octanol–water partition coefficient (Wildman–Crippen LogP) is 2.07. The maximum atomic E-state index is 10.9. The highest BCUT2D eigenvalue weighted by Crippen LogP contribution is 2.28. The molecule has 0 aliphatic heterocycles. The summed E-state index contributed by atoms with van der Waals surface area (Å²) in [5, 5.41) is 22.5. The minimum absolute atomic E-state index is 0.0150. The molecule has 0 fully saturated rings. The highest BCUT2D eigenvalue weighted by molar-refractivity contribution is 7.13. The molecular formula is C11H14N4O2S. The number of nitrogens with zero attached hydrogens (tertiary/aromatic N) is 4. The lowest BCUT2D eigenvalue weighted by molar-refractivity contribution is -0.138. The van der Waals surface area contributed by atoms with Gasteiger partial charge in [-0.05, 0) is 27.8 Å². The third-order valence-electron chi connectivity index (χ3n) is 2.70. The Kier molecular flexibility index (Phi) is 3.71. The van der Waals surface area contributed by atoms with Crippen LogP contribution in [0.4, 0.5) is 0 Å². The summed E-state index contributed by atoms with van der Waals surface area (Å²) < 4.78 is 1.62. The summed E-state index contributed by atoms with van der Waals surface area (Å²) in [6.45, 7) is 3.93. The fourth-order valence-electron chi connectivity index (χ4n) is 1.77. The van der Waals surface area contributed by atoms with Crippen molar-refractivity contribution in [3.8, 4) is 10.7 Å². The van der Waals surface area contributed by atoms with E-state index in [1.807, 2.05) is 31.4 Å². The van der Waals surface area contributed by atoms with Crippen LogP contribution in [0, 0.1) is 5.92 Å². The SMILES string of the molecule is CC(C)C(CC(=O)O)n1nnnc1-c1cccs1. The van der Waals surface area contributed by atoms with Gasteiger partial charge in [0.1, 0.15) is 0 Å². The number of thiophene rings is 1. The summed E-state index contributed by atoms with van der Waals surface area (Å²) in [7, 11) is 0. The number of carbonyl (C=O) groups is 1. The maximum Gasteiger partial charge on any atom is 0.305 e. The van der Waals surface area contributed by atoms with E-state index in [1.165, 1.54) is 11.3 Å². The lowest BCUT2D eigenvalue weighted by Gasteiger charge is -2.19. The third kappa shape index (κ3) is 2.56. The Balaban J connectivity index is 2.37. The first-order valence-electron chi connectivity index (χ1n) is 5.63. The van der Waals surface area contributed by atoms with E-state index in [-0.39, 0.29) is 18.4 Å². The van der Waals surface area contributed by atoms with E-state index in [1.54, 1.807) is 4.68 Å². The normalized spacial score (nSPS) is 12.8. The molecule has 2 heterocycles. The number of hydrogen-bond donors (Lipinski definition) is 1. The van der Waals surface area contributed by atoms with Gasteiger partial charge in [-0.1, -0.05) is 19.9 Å². The van der Waals surface area contributed by atoms with Crippen LogP contribution in [0.5, 0.6) is 0 Å². The molecule has 2 aromatic rings. The van der Waals surface area contributed by atoms with E-state index in [0.29, 0.717) is 5.82 Å². The topological polar surface area (TPSA) is 80.9 Å². The van der Waals surface area contributed by atoms with Crippen LogP contribution in [-0.2, 0) is 4.79 Å². The van der Waals surface area contributed by atoms with Crippen molar-refractivity contribution in [3.05, 3.63) is 17.5 Å². The van der Waals surface area contributed by atoms with Gasteiger partial charge in [0.2, 0.25) is 0 Å². The molecule has 7 heteroatoms. The Bertz CT molecular complexity index is 521. The molecule has 0 saturated heterocycles. The lowest BCUT2D eigenvalue weighted by atomic mass is 10.0. The molecule has 0 aromatic carbocycles. The van der Waals surface area contributed by atoms with Gasteiger partial charge in [-0.25, -0.2) is 4.68 Å². The number of tetrazole rings is 1. The number of carboxylic acids is 1. The van der Waals surface area contributed by atoms with Crippen molar-refractivity contribution in [3.63, 3.8) is 0 Å². The molecule has 18 heavy (non-hydrogen) atoms. The number of carboxylic acid groups (broad SMARTS) is 1. The summed E-state index contributed by atoms with van der Waals surface area (Å²) in [6.07, 6.45) is 0.0150. The molecule has 0 aliphatic carbocycles. The molecule has 96 valence electrons. The van der Waals surface area contributed by atoms with Crippen LogP contribution in [-0.4, -0.2) is 31.3 Å². The molecule has 0 aliphatic rings. The largest absolute Gasteiger partial charge is 0.481 e. The third-order valence-corrected chi connectivity index (χ3v) is 3.57. The van der Waals surface area contributed by atoms with Crippen LogP contribution in [0.1, 0.15) is 26.3 Å². The van der Waals surface area contributed by atoms with Crippen LogP contribution in [0.3, 0.4) is 0 Å². The quantitative estimate of drug-likeness (QED) is 0.896. The molecule has 0 radical (unpaired) electrons. The van der Waals surface area contributed by atoms with Crippen LogP contribution < -0.4 is 0 Å². The molecule has 1 N–H and O–H groups in total. The highest BCUT2D eigenvalue weighted by Gasteiger charge is 2.24. The van der Waals surface area contributed by atoms with E-state index in [2.05, 4.69) is 15.5 Å². The first-order valence-corrected chi connectivity index (χ1v) is 6.51. The van der Waals surface area contributed by atoms with Gasteiger partial charge in [0.25, 0.3) is 0 Å². The van der Waals surface area contributed by atoms with Crippen LogP contribution in [0.15, 0.2) is 17.5 Å². The Morgan fingerprint density at radius 1 is 1.56 bits per heavy atom. The van der Waals surface area contributed by atoms with E-state index < -0.39 is 5.97 Å². The fraction of sp³-hybridized carbons (Fsp3) is 0.455. The Hall–Kier alpha value is -1.76. The van der Waals surface area contributed by atoms with Crippen molar-refractivity contribution in [2.45, 2.75) is 26.3 Å². The van der Waals surface area contributed by atoms with Crippen LogP contribution in [0.25, 0.3) is 10.7 Å². The van der Waals surface area contributed by atoms with E-state index >= 15 is 0 Å². The summed E-state index contributed by atoms with van der Waals surface area (Å²) >= 11 is 1.53. The second kappa shape index (κ2) is 5.26. The number of rotatable bonds is 5. The second-order valence-corrected chi connectivity index (χ2v) is 5.28. The minimum atomic E-state index is -0.846. The van der Waals surface area contributed by atoms with Crippen LogP contribution in [0.2, 0.25) is 0 Å². The second-order valence-electron chi connectivity index (χ2n) is 4.33. The van der Waals surface area contributed by atoms with E-state index in [9.17, 15) is 4.79 Å². The average molecular weight is 266 g/mol. The van der Waals surface area contributed by atoms with Crippen molar-refractivity contribution in [1.29, 1.82) is 0 Å². The zero-order valence-electron chi connectivity index (χ0n) is 10.1. The zero-order chi connectivity index (χ0) is 13.1. The molecule has 0 spiro atoms. The molecule has 6 nitrogen and oxygen atoms in total. The number of hydrogen-bond acceptors (Lipinski definition) is 5. The lowest BCUT2D eigenvalue weighted by Crippen LogP contribution is -2.21. The molecule has 1 unspecified atom stereocenters. The number of aliphatic carboxylic acids is 1. The van der Waals surface area contributed by atoms with Gasteiger partial charge in [-0.2, -0.15) is 0 Å². The number of aromatic nitrogens is 4. The minimum Gasteiger partial charge on any atom is -0.481 e. The average Bonchev–Trinajstić information content (AvgIpc) is 2.95. The van der Waals surface area contributed by atoms with E-state index in [0.717, 1.165) is 4.88 Å². The van der Waals surface area contributed by atoms with Gasteiger partial charge in [-0.3, -0.25) is 4.79 Å². The van der Waals surface area contributed by atoms with Crippen molar-refractivity contribution in [2.24, 2.45) is 5.92 Å². The summed E-state index contributed by atoms with van der Waals surface area (Å²) in [4.78, 5) is 11.9. The molecular weight excluding hydrogens is 252 g/mol. The smallest absolute Gasteiger partial charge is 0.305 e. The zero-order valence-corrected chi connectivity index (χ0v) is 11.0. The Morgan fingerprint density at radius 2 is 2.33 bits per heavy atom. The monoisotopic (exact) mass is 266 g/mol. The van der Waals surface area contributed by atoms with Gasteiger partial charge in [0.15, 0.2) is 5.82 Å². The molecule has 0 amide bonds. The van der Waals surface area contributed by atoms with Gasteiger partial charge in [0, 0.05) is 0 Å². The first kappa shape index (κ1) is 12.7. The molecule has 0 bridgehead atoms. The van der Waals surface area contributed by atoms with Gasteiger partial charge in [0.05, 0.1) is 17.3 Å². The fourth-order valence-corrected chi connectivity index (χ4v) is 2.47. The van der Waals surface area contributed by atoms with Crippen LogP contribution >= 0.6 is 11.3 Å². The standard InChI is InChI=1S/C11H14N4O2S/c1-7(2)8(6-10(16)17)15-11(12-13-14-15)9-4-3-5-18-9/h3-5,7-8H,6H2,1-2H3,(H,16,17). The highest BCUT2D eigenvalue weighted by atomic mass is 32.1. The van der Waals surface area contributed by atoms with E-state index in [4.69, 9.17) is 5.11 Å². The first-order chi connectivity index (χ1) is 8.59. The van der Waals surface area contributed by atoms with Gasteiger partial charge >= 0.3 is 5.97 Å². The van der Waals surface area contributed by atoms with Gasteiger partial charge < -0.3 is 5.11 Å². The maximum absolute atomic E-state index is 10.9. The molecule has 2 rings (SSSR count). The summed E-state index contributed by atoms with van der Waals surface area (Å²) in [5.74, 6) is -0.0745. The predicted molar refractivity (Wildman–Crippen MR) is 67.3 cm³/mol. The Labute approximate surface area is 108 Å². The Morgan fingerprint density at radius 3 is 2.89 bits per heavy atom. The molecule has 0 saturated carbocycles.